The van der Waals surface area contributed by atoms with Crippen LogP contribution in [0.5, 0.6) is 0 Å². The highest BCUT2D eigenvalue weighted by Gasteiger charge is 2.21. The standard InChI is InChI=1S/C25H23FN4O3/c26-21-5-3-18(4-6-21)19-9-11-30(12-10-19)24-7-1-17(2-8-24)16-27-25(31)20-13-22(28-32)15-23(14-20)29-33/h1-8,13-15,19H,9-12,16H2,(H,27,31). The third-order valence-electron chi connectivity index (χ3n) is 5.97. The number of nitrogens with one attached hydrogen (secondary N) is 1. The highest BCUT2D eigenvalue weighted by molar-refractivity contribution is 5.96. The number of carbonyl (C=O) groups is 1. The fraction of sp³-hybridized carbons (Fsp3) is 0.240. The second-order valence-corrected chi connectivity index (χ2v) is 8.08. The van der Waals surface area contributed by atoms with Gasteiger partial charge in [-0.3, -0.25) is 4.79 Å². The molecule has 0 bridgehead atoms. The van der Waals surface area contributed by atoms with Crippen LogP contribution >= 0.6 is 0 Å². The Balaban J connectivity index is 1.32. The Bertz CT molecular complexity index is 1120. The minimum absolute atomic E-state index is 0.0233. The molecule has 0 aliphatic carbocycles. The third-order valence-corrected chi connectivity index (χ3v) is 5.97. The molecule has 0 saturated carbocycles. The summed E-state index contributed by atoms with van der Waals surface area (Å²) in [7, 11) is 0. The SMILES string of the molecule is O=Nc1cc(N=O)cc(C(=O)NCc2ccc(N3CCC(c4ccc(F)cc4)CC3)cc2)c1. The molecule has 3 aromatic rings. The highest BCUT2D eigenvalue weighted by atomic mass is 19.1. The molecular weight excluding hydrogens is 423 g/mol. The van der Waals surface area contributed by atoms with Gasteiger partial charge in [-0.25, -0.2) is 4.39 Å². The van der Waals surface area contributed by atoms with Crippen molar-refractivity contribution in [3.8, 4) is 0 Å². The Kier molecular flexibility index (Phi) is 6.83. The molecule has 0 radical (unpaired) electrons. The van der Waals surface area contributed by atoms with Crippen LogP contribution in [0.1, 0.15) is 40.2 Å². The van der Waals surface area contributed by atoms with Crippen molar-refractivity contribution < 1.29 is 9.18 Å². The summed E-state index contributed by atoms with van der Waals surface area (Å²) in [5.74, 6) is -0.182. The number of nitroso groups, excluding NO2 is 2. The van der Waals surface area contributed by atoms with E-state index in [1.54, 1.807) is 0 Å². The average molecular weight is 446 g/mol. The summed E-state index contributed by atoms with van der Waals surface area (Å²) < 4.78 is 13.2. The molecule has 8 heteroatoms. The number of amides is 1. The van der Waals surface area contributed by atoms with E-state index in [2.05, 4.69) is 20.6 Å². The predicted molar refractivity (Wildman–Crippen MR) is 126 cm³/mol. The number of piperidine rings is 1. The van der Waals surface area contributed by atoms with E-state index in [0.29, 0.717) is 12.5 Å². The third kappa shape index (κ3) is 5.46. The molecule has 4 rings (SSSR count). The minimum Gasteiger partial charge on any atom is -0.371 e. The summed E-state index contributed by atoms with van der Waals surface area (Å²) in [5.41, 5.74) is 3.34. The monoisotopic (exact) mass is 446 g/mol. The van der Waals surface area contributed by atoms with E-state index < -0.39 is 5.91 Å². The second kappa shape index (κ2) is 10.1. The maximum Gasteiger partial charge on any atom is 0.251 e. The van der Waals surface area contributed by atoms with Crippen LogP contribution in [-0.4, -0.2) is 19.0 Å². The number of anilines is 1. The Morgan fingerprint density at radius 2 is 1.52 bits per heavy atom. The number of hydrogen-bond acceptors (Lipinski definition) is 6. The molecule has 1 saturated heterocycles. The fourth-order valence-electron chi connectivity index (χ4n) is 4.15. The molecule has 1 amide bonds. The van der Waals surface area contributed by atoms with Crippen LogP contribution in [0.3, 0.4) is 0 Å². The molecule has 0 atom stereocenters. The number of benzene rings is 3. The Hall–Kier alpha value is -3.94. The largest absolute Gasteiger partial charge is 0.371 e. The number of nitrogens with zero attached hydrogens (tertiary/aromatic N) is 3. The molecule has 1 aliphatic heterocycles. The van der Waals surface area contributed by atoms with Gasteiger partial charge in [0.15, 0.2) is 0 Å². The smallest absolute Gasteiger partial charge is 0.251 e. The number of carbonyl (C=O) groups excluding carboxylic acids is 1. The molecule has 168 valence electrons. The summed E-state index contributed by atoms with van der Waals surface area (Å²) in [6, 6.07) is 18.6. The zero-order chi connectivity index (χ0) is 23.2. The van der Waals surface area contributed by atoms with Gasteiger partial charge >= 0.3 is 0 Å². The maximum absolute atomic E-state index is 13.2. The lowest BCUT2D eigenvalue weighted by Crippen LogP contribution is -2.32. The van der Waals surface area contributed by atoms with Gasteiger partial charge in [-0.1, -0.05) is 24.3 Å². The molecule has 7 nitrogen and oxygen atoms in total. The first-order chi connectivity index (χ1) is 16.1. The lowest BCUT2D eigenvalue weighted by atomic mass is 9.89. The van der Waals surface area contributed by atoms with Gasteiger partial charge in [0.25, 0.3) is 5.91 Å². The fourth-order valence-corrected chi connectivity index (χ4v) is 4.15. The first kappa shape index (κ1) is 22.3. The summed E-state index contributed by atoms with van der Waals surface area (Å²) >= 11 is 0. The Morgan fingerprint density at radius 3 is 2.09 bits per heavy atom. The highest BCUT2D eigenvalue weighted by Crippen LogP contribution is 2.30. The van der Waals surface area contributed by atoms with E-state index in [4.69, 9.17) is 0 Å². The van der Waals surface area contributed by atoms with Crippen LogP contribution in [0, 0.1) is 15.6 Å². The van der Waals surface area contributed by atoms with E-state index in [1.807, 2.05) is 36.4 Å². The van der Waals surface area contributed by atoms with Crippen molar-refractivity contribution in [2.24, 2.45) is 10.4 Å². The van der Waals surface area contributed by atoms with E-state index >= 15 is 0 Å². The van der Waals surface area contributed by atoms with Gasteiger partial charge in [-0.2, -0.15) is 0 Å². The Morgan fingerprint density at radius 1 is 0.909 bits per heavy atom. The van der Waals surface area contributed by atoms with Gasteiger partial charge in [-0.15, -0.1) is 9.81 Å². The minimum atomic E-state index is -0.419. The van der Waals surface area contributed by atoms with E-state index in [0.717, 1.165) is 37.2 Å². The van der Waals surface area contributed by atoms with Crippen molar-refractivity contribution >= 4 is 23.0 Å². The first-order valence-electron chi connectivity index (χ1n) is 10.7. The second-order valence-electron chi connectivity index (χ2n) is 8.08. The van der Waals surface area contributed by atoms with Gasteiger partial charge in [0.2, 0.25) is 0 Å². The molecule has 33 heavy (non-hydrogen) atoms. The summed E-state index contributed by atoms with van der Waals surface area (Å²) in [4.78, 5) is 36.2. The van der Waals surface area contributed by atoms with Gasteiger partial charge in [0, 0.05) is 30.9 Å². The zero-order valence-electron chi connectivity index (χ0n) is 17.9. The van der Waals surface area contributed by atoms with Gasteiger partial charge in [0.05, 0.1) is 0 Å². The van der Waals surface area contributed by atoms with Crippen LogP contribution in [0.4, 0.5) is 21.5 Å². The lowest BCUT2D eigenvalue weighted by Gasteiger charge is -2.34. The molecular formula is C25H23FN4O3. The molecule has 1 N–H and O–H groups in total. The van der Waals surface area contributed by atoms with Crippen LogP contribution in [0.25, 0.3) is 0 Å². The van der Waals surface area contributed by atoms with Crippen LogP contribution in [-0.2, 0) is 6.54 Å². The Labute approximate surface area is 190 Å². The lowest BCUT2D eigenvalue weighted by molar-refractivity contribution is 0.0951. The molecule has 1 aliphatic rings. The van der Waals surface area contributed by atoms with Gasteiger partial charge in [0.1, 0.15) is 17.2 Å². The van der Waals surface area contributed by atoms with E-state index in [-0.39, 0.29) is 22.8 Å². The number of halogens is 1. The first-order valence-corrected chi connectivity index (χ1v) is 10.7. The molecule has 3 aromatic carbocycles. The quantitative estimate of drug-likeness (QED) is 0.455. The van der Waals surface area contributed by atoms with Crippen LogP contribution in [0.2, 0.25) is 0 Å². The average Bonchev–Trinajstić information content (AvgIpc) is 2.87. The predicted octanol–water partition coefficient (Wildman–Crippen LogP) is 5.94. The van der Waals surface area contributed by atoms with E-state index in [1.165, 1.54) is 35.9 Å². The number of hydrogen-bond donors (Lipinski definition) is 1. The van der Waals surface area contributed by atoms with Crippen LogP contribution < -0.4 is 10.2 Å². The summed E-state index contributed by atoms with van der Waals surface area (Å²) in [5, 5.41) is 8.32. The normalized spacial score (nSPS) is 14.0. The van der Waals surface area contributed by atoms with Gasteiger partial charge < -0.3 is 10.2 Å². The van der Waals surface area contributed by atoms with Crippen LogP contribution in [0.15, 0.2) is 77.1 Å². The maximum atomic E-state index is 13.2. The van der Waals surface area contributed by atoms with Crippen molar-refractivity contribution in [3.63, 3.8) is 0 Å². The van der Waals surface area contributed by atoms with Crippen molar-refractivity contribution in [2.75, 3.05) is 18.0 Å². The van der Waals surface area contributed by atoms with Crippen molar-refractivity contribution in [2.45, 2.75) is 25.3 Å². The molecule has 1 heterocycles. The van der Waals surface area contributed by atoms with Gasteiger partial charge in [-0.05, 0) is 82.7 Å². The van der Waals surface area contributed by atoms with Crippen molar-refractivity contribution in [3.05, 3.63) is 99.1 Å². The topological polar surface area (TPSA) is 91.2 Å². The van der Waals surface area contributed by atoms with Crippen molar-refractivity contribution in [1.82, 2.24) is 5.32 Å². The molecule has 0 aromatic heterocycles. The summed E-state index contributed by atoms with van der Waals surface area (Å²) in [6.07, 6.45) is 2.02. The summed E-state index contributed by atoms with van der Waals surface area (Å²) in [6.45, 7) is 2.15. The zero-order valence-corrected chi connectivity index (χ0v) is 17.9. The molecule has 1 fully saturated rings. The van der Waals surface area contributed by atoms with E-state index in [9.17, 15) is 19.0 Å². The molecule has 0 unspecified atom stereocenters. The van der Waals surface area contributed by atoms with Crippen molar-refractivity contribution in [1.29, 1.82) is 0 Å². The molecule has 0 spiro atoms. The number of rotatable bonds is 7.